The zero-order valence-corrected chi connectivity index (χ0v) is 9.73. The van der Waals surface area contributed by atoms with Crippen molar-refractivity contribution in [3.8, 4) is 0 Å². The summed E-state index contributed by atoms with van der Waals surface area (Å²) >= 11 is 0. The van der Waals surface area contributed by atoms with Crippen LogP contribution in [-0.4, -0.2) is 25.0 Å². The van der Waals surface area contributed by atoms with Crippen LogP contribution in [0.4, 0.5) is 0 Å². The Morgan fingerprint density at radius 1 is 1.41 bits per heavy atom. The molecule has 0 unspecified atom stereocenters. The second kappa shape index (κ2) is 6.65. The van der Waals surface area contributed by atoms with Crippen LogP contribution in [0.15, 0.2) is 24.3 Å². The number of primary amides is 1. The van der Waals surface area contributed by atoms with Gasteiger partial charge in [0.05, 0.1) is 0 Å². The summed E-state index contributed by atoms with van der Waals surface area (Å²) in [5.41, 5.74) is 6.42. The summed E-state index contributed by atoms with van der Waals surface area (Å²) in [5.74, 6) is -0.663. The first-order valence-corrected chi connectivity index (χ1v) is 5.36. The van der Waals surface area contributed by atoms with E-state index < -0.39 is 5.91 Å². The third-order valence-electron chi connectivity index (χ3n) is 2.14. The topological polar surface area (TPSA) is 81.4 Å². The van der Waals surface area contributed by atoms with Gasteiger partial charge in [-0.05, 0) is 24.6 Å². The van der Waals surface area contributed by atoms with Gasteiger partial charge < -0.3 is 15.8 Å². The SMILES string of the molecule is CCOCC(=O)NCc1cccc(C(N)=O)c1. The van der Waals surface area contributed by atoms with Crippen molar-refractivity contribution in [1.82, 2.24) is 5.32 Å². The molecule has 1 aromatic rings. The minimum atomic E-state index is -0.479. The highest BCUT2D eigenvalue weighted by Gasteiger charge is 2.03. The lowest BCUT2D eigenvalue weighted by molar-refractivity contribution is -0.125. The Balaban J connectivity index is 2.49. The van der Waals surface area contributed by atoms with Crippen LogP contribution in [0.2, 0.25) is 0 Å². The fourth-order valence-corrected chi connectivity index (χ4v) is 1.28. The molecule has 0 atom stereocenters. The van der Waals surface area contributed by atoms with Crippen molar-refractivity contribution in [2.45, 2.75) is 13.5 Å². The molecular formula is C12H16N2O3. The van der Waals surface area contributed by atoms with E-state index in [1.807, 2.05) is 13.0 Å². The summed E-state index contributed by atoms with van der Waals surface area (Å²) in [6.07, 6.45) is 0. The summed E-state index contributed by atoms with van der Waals surface area (Å²) in [7, 11) is 0. The predicted octanol–water partition coefficient (Wildman–Crippen LogP) is 0.438. The van der Waals surface area contributed by atoms with Crippen molar-refractivity contribution in [3.05, 3.63) is 35.4 Å². The Labute approximate surface area is 99.9 Å². The molecule has 1 rings (SSSR count). The second-order valence-corrected chi connectivity index (χ2v) is 3.48. The highest BCUT2D eigenvalue weighted by atomic mass is 16.5. The van der Waals surface area contributed by atoms with E-state index in [1.54, 1.807) is 18.2 Å². The minimum absolute atomic E-state index is 0.0476. The predicted molar refractivity (Wildman–Crippen MR) is 63.3 cm³/mol. The number of rotatable bonds is 6. The molecule has 3 N–H and O–H groups in total. The number of hydrogen-bond donors (Lipinski definition) is 2. The van der Waals surface area contributed by atoms with E-state index in [2.05, 4.69) is 5.32 Å². The van der Waals surface area contributed by atoms with Gasteiger partial charge in [0.25, 0.3) is 0 Å². The first-order valence-electron chi connectivity index (χ1n) is 5.36. The van der Waals surface area contributed by atoms with Crippen molar-refractivity contribution in [3.63, 3.8) is 0 Å². The van der Waals surface area contributed by atoms with Crippen LogP contribution in [0.5, 0.6) is 0 Å². The normalized spacial score (nSPS) is 9.94. The Hall–Kier alpha value is -1.88. The molecule has 0 heterocycles. The molecule has 17 heavy (non-hydrogen) atoms. The fourth-order valence-electron chi connectivity index (χ4n) is 1.28. The van der Waals surface area contributed by atoms with Crippen LogP contribution in [0.1, 0.15) is 22.8 Å². The van der Waals surface area contributed by atoms with Crippen molar-refractivity contribution >= 4 is 11.8 Å². The largest absolute Gasteiger partial charge is 0.372 e. The van der Waals surface area contributed by atoms with Crippen LogP contribution in [0, 0.1) is 0 Å². The zero-order valence-electron chi connectivity index (χ0n) is 9.73. The van der Waals surface area contributed by atoms with E-state index in [1.165, 1.54) is 0 Å². The molecule has 0 saturated heterocycles. The molecule has 2 amide bonds. The number of nitrogens with one attached hydrogen (secondary N) is 1. The molecule has 5 nitrogen and oxygen atoms in total. The van der Waals surface area contributed by atoms with Crippen LogP contribution >= 0.6 is 0 Å². The van der Waals surface area contributed by atoms with Gasteiger partial charge in [-0.1, -0.05) is 12.1 Å². The van der Waals surface area contributed by atoms with Gasteiger partial charge >= 0.3 is 0 Å². The maximum absolute atomic E-state index is 11.3. The number of carbonyl (C=O) groups is 2. The third-order valence-corrected chi connectivity index (χ3v) is 2.14. The zero-order chi connectivity index (χ0) is 12.7. The van der Waals surface area contributed by atoms with Crippen LogP contribution in [-0.2, 0) is 16.1 Å². The molecule has 0 aliphatic heterocycles. The molecule has 0 aromatic heterocycles. The smallest absolute Gasteiger partial charge is 0.248 e. The van der Waals surface area contributed by atoms with Gasteiger partial charge in [-0.2, -0.15) is 0 Å². The second-order valence-electron chi connectivity index (χ2n) is 3.48. The molecule has 0 saturated carbocycles. The molecule has 92 valence electrons. The number of ether oxygens (including phenoxy) is 1. The van der Waals surface area contributed by atoms with Gasteiger partial charge in [-0.3, -0.25) is 9.59 Å². The van der Waals surface area contributed by atoms with Crippen molar-refractivity contribution in [1.29, 1.82) is 0 Å². The van der Waals surface area contributed by atoms with E-state index in [4.69, 9.17) is 10.5 Å². The van der Waals surface area contributed by atoms with Gasteiger partial charge in [-0.25, -0.2) is 0 Å². The summed E-state index contributed by atoms with van der Waals surface area (Å²) in [6.45, 7) is 2.73. The van der Waals surface area contributed by atoms with E-state index in [9.17, 15) is 9.59 Å². The average molecular weight is 236 g/mol. The van der Waals surface area contributed by atoms with Gasteiger partial charge in [0.2, 0.25) is 11.8 Å². The number of amides is 2. The van der Waals surface area contributed by atoms with Crippen LogP contribution < -0.4 is 11.1 Å². The molecular weight excluding hydrogens is 220 g/mol. The van der Waals surface area contributed by atoms with Gasteiger partial charge in [0.15, 0.2) is 0 Å². The molecule has 0 bridgehead atoms. The van der Waals surface area contributed by atoms with Gasteiger partial charge in [-0.15, -0.1) is 0 Å². The number of hydrogen-bond acceptors (Lipinski definition) is 3. The summed E-state index contributed by atoms with van der Waals surface area (Å²) in [5, 5.41) is 2.68. The summed E-state index contributed by atoms with van der Waals surface area (Å²) in [4.78, 5) is 22.2. The number of carbonyl (C=O) groups excluding carboxylic acids is 2. The lowest BCUT2D eigenvalue weighted by atomic mass is 10.1. The molecule has 0 radical (unpaired) electrons. The minimum Gasteiger partial charge on any atom is -0.372 e. The quantitative estimate of drug-likeness (QED) is 0.751. The number of nitrogens with two attached hydrogens (primary N) is 1. The molecule has 0 spiro atoms. The average Bonchev–Trinajstić information content (AvgIpc) is 2.34. The van der Waals surface area contributed by atoms with Gasteiger partial charge in [0.1, 0.15) is 6.61 Å². The maximum atomic E-state index is 11.3. The van der Waals surface area contributed by atoms with Gasteiger partial charge in [0, 0.05) is 18.7 Å². The summed E-state index contributed by atoms with van der Waals surface area (Å²) in [6, 6.07) is 6.83. The third kappa shape index (κ3) is 4.65. The molecule has 0 aliphatic carbocycles. The van der Waals surface area contributed by atoms with Crippen molar-refractivity contribution < 1.29 is 14.3 Å². The van der Waals surface area contributed by atoms with Crippen molar-refractivity contribution in [2.75, 3.05) is 13.2 Å². The first kappa shape index (κ1) is 13.2. The molecule has 0 fully saturated rings. The summed E-state index contributed by atoms with van der Waals surface area (Å²) < 4.78 is 4.96. The Morgan fingerprint density at radius 2 is 2.18 bits per heavy atom. The fraction of sp³-hybridized carbons (Fsp3) is 0.333. The molecule has 1 aromatic carbocycles. The van der Waals surface area contributed by atoms with Crippen molar-refractivity contribution in [2.24, 2.45) is 5.73 Å². The van der Waals surface area contributed by atoms with Crippen LogP contribution in [0.3, 0.4) is 0 Å². The molecule has 0 aliphatic rings. The Kier molecular flexibility index (Phi) is 5.16. The highest BCUT2D eigenvalue weighted by Crippen LogP contribution is 2.04. The standard InChI is InChI=1S/C12H16N2O3/c1-2-17-8-11(15)14-7-9-4-3-5-10(6-9)12(13)16/h3-6H,2,7-8H2,1H3,(H2,13,16)(H,14,15). The van der Waals surface area contributed by atoms with Crippen LogP contribution in [0.25, 0.3) is 0 Å². The highest BCUT2D eigenvalue weighted by molar-refractivity contribution is 5.92. The Bertz CT molecular complexity index is 404. The lowest BCUT2D eigenvalue weighted by Gasteiger charge is -2.06. The first-order chi connectivity index (χ1) is 8.13. The monoisotopic (exact) mass is 236 g/mol. The van der Waals surface area contributed by atoms with E-state index in [0.717, 1.165) is 5.56 Å². The van der Waals surface area contributed by atoms with E-state index >= 15 is 0 Å². The van der Waals surface area contributed by atoms with E-state index in [0.29, 0.717) is 18.7 Å². The lowest BCUT2D eigenvalue weighted by Crippen LogP contribution is -2.27. The number of benzene rings is 1. The molecule has 5 heteroatoms. The van der Waals surface area contributed by atoms with E-state index in [-0.39, 0.29) is 12.5 Å². The maximum Gasteiger partial charge on any atom is 0.248 e. The Morgan fingerprint density at radius 3 is 2.82 bits per heavy atom.